The van der Waals surface area contributed by atoms with Gasteiger partial charge in [-0.15, -0.1) is 0 Å². The normalized spacial score (nSPS) is 23.7. The minimum atomic E-state index is 0.484. The maximum Gasteiger partial charge on any atom is 0.126 e. The Kier molecular flexibility index (Phi) is 4.07. The summed E-state index contributed by atoms with van der Waals surface area (Å²) < 4.78 is 5.94. The van der Waals surface area contributed by atoms with Crippen molar-refractivity contribution in [1.29, 1.82) is 0 Å². The van der Waals surface area contributed by atoms with E-state index < -0.39 is 0 Å². The highest BCUT2D eigenvalue weighted by Crippen LogP contribution is 2.34. The summed E-state index contributed by atoms with van der Waals surface area (Å²) in [5, 5.41) is 3.81. The Morgan fingerprint density at radius 3 is 2.84 bits per heavy atom. The van der Waals surface area contributed by atoms with Gasteiger partial charge in [-0.3, -0.25) is 0 Å². The van der Waals surface area contributed by atoms with E-state index >= 15 is 0 Å². The second kappa shape index (κ2) is 5.96. The predicted molar refractivity (Wildman–Crippen MR) is 78.6 cm³/mol. The largest absolute Gasteiger partial charge is 0.493 e. The third-order valence-electron chi connectivity index (χ3n) is 4.63. The van der Waals surface area contributed by atoms with Gasteiger partial charge in [0.2, 0.25) is 0 Å². The molecule has 3 rings (SSSR count). The van der Waals surface area contributed by atoms with E-state index in [0.29, 0.717) is 6.04 Å². The van der Waals surface area contributed by atoms with Gasteiger partial charge in [0.05, 0.1) is 6.61 Å². The highest BCUT2D eigenvalue weighted by molar-refractivity contribution is 5.43. The molecule has 0 radical (unpaired) electrons. The van der Waals surface area contributed by atoms with E-state index in [9.17, 15) is 0 Å². The SMILES string of the molecule is Cc1cccc2c1OCCCC2NCC1CCCC1. The van der Waals surface area contributed by atoms with E-state index in [1.807, 2.05) is 0 Å². The molecule has 1 aromatic rings. The van der Waals surface area contributed by atoms with Gasteiger partial charge < -0.3 is 10.1 Å². The van der Waals surface area contributed by atoms with Crippen LogP contribution in [0.1, 0.15) is 55.7 Å². The molecule has 2 aliphatic rings. The summed E-state index contributed by atoms with van der Waals surface area (Å²) in [6.45, 7) is 4.19. The van der Waals surface area contributed by atoms with E-state index in [1.54, 1.807) is 0 Å². The lowest BCUT2D eigenvalue weighted by Gasteiger charge is -2.21. The maximum absolute atomic E-state index is 5.94. The molecule has 0 amide bonds. The lowest BCUT2D eigenvalue weighted by Crippen LogP contribution is -2.26. The summed E-state index contributed by atoms with van der Waals surface area (Å²) in [6.07, 6.45) is 8.03. The van der Waals surface area contributed by atoms with Crippen LogP contribution in [0.5, 0.6) is 5.75 Å². The van der Waals surface area contributed by atoms with Crippen molar-refractivity contribution in [2.45, 2.75) is 51.5 Å². The zero-order valence-electron chi connectivity index (χ0n) is 12.0. The molecule has 1 aliphatic heterocycles. The fourth-order valence-electron chi connectivity index (χ4n) is 3.50. The van der Waals surface area contributed by atoms with E-state index in [-0.39, 0.29) is 0 Å². The number of aryl methyl sites for hydroxylation is 1. The predicted octanol–water partition coefficient (Wildman–Crippen LogP) is 3.99. The average molecular weight is 259 g/mol. The third-order valence-corrected chi connectivity index (χ3v) is 4.63. The standard InChI is InChI=1S/C17H25NO/c1-13-6-4-9-15-16(10-5-11-19-17(13)15)18-12-14-7-2-3-8-14/h4,6,9,14,16,18H,2-3,5,7-8,10-12H2,1H3. The molecule has 1 saturated carbocycles. The molecule has 1 N–H and O–H groups in total. The number of nitrogens with one attached hydrogen (secondary N) is 1. The fourth-order valence-corrected chi connectivity index (χ4v) is 3.50. The summed E-state index contributed by atoms with van der Waals surface area (Å²) >= 11 is 0. The summed E-state index contributed by atoms with van der Waals surface area (Å²) in [6, 6.07) is 7.03. The van der Waals surface area contributed by atoms with Crippen LogP contribution >= 0.6 is 0 Å². The van der Waals surface area contributed by atoms with Crippen LogP contribution in [0.3, 0.4) is 0 Å². The van der Waals surface area contributed by atoms with Crippen LogP contribution < -0.4 is 10.1 Å². The first-order chi connectivity index (χ1) is 9.34. The smallest absolute Gasteiger partial charge is 0.126 e. The lowest BCUT2D eigenvalue weighted by atomic mass is 9.98. The number of rotatable bonds is 3. The van der Waals surface area contributed by atoms with Crippen LogP contribution in [0.15, 0.2) is 18.2 Å². The molecular formula is C17H25NO. The highest BCUT2D eigenvalue weighted by atomic mass is 16.5. The van der Waals surface area contributed by atoms with Crippen LogP contribution in [-0.2, 0) is 0 Å². The van der Waals surface area contributed by atoms with E-state index in [0.717, 1.165) is 24.7 Å². The number of para-hydroxylation sites is 1. The van der Waals surface area contributed by atoms with Gasteiger partial charge in [0.15, 0.2) is 0 Å². The zero-order chi connectivity index (χ0) is 13.1. The van der Waals surface area contributed by atoms with Gasteiger partial charge in [-0.1, -0.05) is 31.0 Å². The number of hydrogen-bond acceptors (Lipinski definition) is 2. The molecule has 1 heterocycles. The lowest BCUT2D eigenvalue weighted by molar-refractivity contribution is 0.312. The van der Waals surface area contributed by atoms with Crippen molar-refractivity contribution >= 4 is 0 Å². The summed E-state index contributed by atoms with van der Waals surface area (Å²) in [7, 11) is 0. The van der Waals surface area contributed by atoms with Crippen molar-refractivity contribution in [3.63, 3.8) is 0 Å². The number of hydrogen-bond donors (Lipinski definition) is 1. The molecule has 0 saturated heterocycles. The molecule has 1 aromatic carbocycles. The molecule has 0 spiro atoms. The van der Waals surface area contributed by atoms with Crippen molar-refractivity contribution in [2.75, 3.05) is 13.2 Å². The first-order valence-corrected chi connectivity index (χ1v) is 7.80. The van der Waals surface area contributed by atoms with Crippen molar-refractivity contribution in [2.24, 2.45) is 5.92 Å². The molecule has 2 heteroatoms. The van der Waals surface area contributed by atoms with Crippen LogP contribution in [-0.4, -0.2) is 13.2 Å². The van der Waals surface area contributed by atoms with Crippen LogP contribution in [0.4, 0.5) is 0 Å². The minimum absolute atomic E-state index is 0.484. The van der Waals surface area contributed by atoms with Crippen molar-refractivity contribution in [3.8, 4) is 5.75 Å². The molecular weight excluding hydrogens is 234 g/mol. The zero-order valence-corrected chi connectivity index (χ0v) is 12.0. The van der Waals surface area contributed by atoms with Crippen LogP contribution in [0.2, 0.25) is 0 Å². The molecule has 1 unspecified atom stereocenters. The summed E-state index contributed by atoms with van der Waals surface area (Å²) in [5.41, 5.74) is 2.64. The monoisotopic (exact) mass is 259 g/mol. The Hall–Kier alpha value is -1.02. The van der Waals surface area contributed by atoms with Gasteiger partial charge in [0.25, 0.3) is 0 Å². The second-order valence-corrected chi connectivity index (χ2v) is 6.10. The molecule has 0 bridgehead atoms. The number of ether oxygens (including phenoxy) is 1. The molecule has 1 fully saturated rings. The third kappa shape index (κ3) is 2.94. The van der Waals surface area contributed by atoms with E-state index in [4.69, 9.17) is 4.74 Å². The number of benzene rings is 1. The topological polar surface area (TPSA) is 21.3 Å². The Morgan fingerprint density at radius 2 is 2.00 bits per heavy atom. The van der Waals surface area contributed by atoms with Crippen molar-refractivity contribution in [3.05, 3.63) is 29.3 Å². The highest BCUT2D eigenvalue weighted by Gasteiger charge is 2.22. The van der Waals surface area contributed by atoms with Crippen LogP contribution in [0.25, 0.3) is 0 Å². The Bertz CT molecular complexity index is 423. The van der Waals surface area contributed by atoms with Gasteiger partial charge in [0.1, 0.15) is 5.75 Å². The van der Waals surface area contributed by atoms with Crippen molar-refractivity contribution < 1.29 is 4.74 Å². The molecule has 1 atom stereocenters. The quantitative estimate of drug-likeness (QED) is 0.886. The summed E-state index contributed by atoms with van der Waals surface area (Å²) in [5.74, 6) is 2.03. The Labute approximate surface area is 116 Å². The molecule has 2 nitrogen and oxygen atoms in total. The second-order valence-electron chi connectivity index (χ2n) is 6.10. The van der Waals surface area contributed by atoms with Crippen molar-refractivity contribution in [1.82, 2.24) is 5.32 Å². The van der Waals surface area contributed by atoms with Gasteiger partial charge in [-0.25, -0.2) is 0 Å². The van der Waals surface area contributed by atoms with Crippen LogP contribution in [0, 0.1) is 12.8 Å². The Morgan fingerprint density at radius 1 is 1.16 bits per heavy atom. The van der Waals surface area contributed by atoms with E-state index in [2.05, 4.69) is 30.4 Å². The van der Waals surface area contributed by atoms with Gasteiger partial charge in [-0.2, -0.15) is 0 Å². The van der Waals surface area contributed by atoms with Gasteiger partial charge in [-0.05, 0) is 50.6 Å². The van der Waals surface area contributed by atoms with Gasteiger partial charge in [0, 0.05) is 11.6 Å². The number of fused-ring (bicyclic) bond motifs is 1. The minimum Gasteiger partial charge on any atom is -0.493 e. The molecule has 0 aromatic heterocycles. The molecule has 104 valence electrons. The Balaban J connectivity index is 1.72. The first-order valence-electron chi connectivity index (χ1n) is 7.80. The molecule has 1 aliphatic carbocycles. The average Bonchev–Trinajstić information content (AvgIpc) is 2.84. The first kappa shape index (κ1) is 13.0. The van der Waals surface area contributed by atoms with Gasteiger partial charge >= 0.3 is 0 Å². The van der Waals surface area contributed by atoms with E-state index in [1.165, 1.54) is 49.8 Å². The summed E-state index contributed by atoms with van der Waals surface area (Å²) in [4.78, 5) is 0. The molecule has 19 heavy (non-hydrogen) atoms. The fraction of sp³-hybridized carbons (Fsp3) is 0.647. The maximum atomic E-state index is 5.94.